The predicted octanol–water partition coefficient (Wildman–Crippen LogP) is 3.10. The molecule has 1 aromatic rings. The molecule has 1 aliphatic heterocycles. The molecule has 1 fully saturated rings. The maximum Gasteiger partial charge on any atom is 0.222 e. The minimum absolute atomic E-state index is 0.223. The quantitative estimate of drug-likeness (QED) is 0.638. The topological polar surface area (TPSA) is 53.0 Å². The lowest BCUT2D eigenvalue weighted by Gasteiger charge is -2.30. The van der Waals surface area contributed by atoms with Gasteiger partial charge >= 0.3 is 0 Å². The van der Waals surface area contributed by atoms with Crippen LogP contribution in [0.2, 0.25) is 0 Å². The summed E-state index contributed by atoms with van der Waals surface area (Å²) in [6.07, 6.45) is 4.84. The van der Waals surface area contributed by atoms with Gasteiger partial charge in [-0.25, -0.2) is 0 Å². The first-order chi connectivity index (χ1) is 13.0. The highest BCUT2D eigenvalue weighted by atomic mass is 16.5. The van der Waals surface area contributed by atoms with Crippen molar-refractivity contribution in [3.8, 4) is 5.75 Å². The summed E-state index contributed by atoms with van der Waals surface area (Å²) >= 11 is 0. The van der Waals surface area contributed by atoms with Crippen LogP contribution in [-0.4, -0.2) is 66.2 Å². The van der Waals surface area contributed by atoms with E-state index in [2.05, 4.69) is 30.9 Å². The average Bonchev–Trinajstić information content (AvgIpc) is 2.69. The second kappa shape index (κ2) is 11.3. The normalized spacial score (nSPS) is 16.6. The molecule has 27 heavy (non-hydrogen) atoms. The van der Waals surface area contributed by atoms with Crippen LogP contribution in [0.1, 0.15) is 51.5 Å². The van der Waals surface area contributed by atoms with Gasteiger partial charge in [0.05, 0.1) is 13.2 Å². The van der Waals surface area contributed by atoms with Gasteiger partial charge in [-0.3, -0.25) is 4.79 Å². The molecule has 0 saturated carbocycles. The second-order valence-corrected chi connectivity index (χ2v) is 7.60. The number of piperidine rings is 1. The average molecular weight is 377 g/mol. The summed E-state index contributed by atoms with van der Waals surface area (Å²) in [5, 5.41) is 9.55. The molecule has 0 radical (unpaired) electrons. The SMILES string of the molecule is CCN(CCCCC(=O)N1CCC(O)CC1)C(C)Cc1ccc(OC)cc1. The van der Waals surface area contributed by atoms with E-state index in [0.717, 1.165) is 50.9 Å². The van der Waals surface area contributed by atoms with E-state index < -0.39 is 0 Å². The zero-order valence-corrected chi connectivity index (χ0v) is 17.2. The molecule has 1 heterocycles. The van der Waals surface area contributed by atoms with Crippen molar-refractivity contribution in [1.82, 2.24) is 9.80 Å². The van der Waals surface area contributed by atoms with Crippen molar-refractivity contribution in [2.24, 2.45) is 0 Å². The van der Waals surface area contributed by atoms with Gasteiger partial charge in [0.15, 0.2) is 0 Å². The van der Waals surface area contributed by atoms with Crippen molar-refractivity contribution in [2.75, 3.05) is 33.3 Å². The summed E-state index contributed by atoms with van der Waals surface area (Å²) in [5.41, 5.74) is 1.32. The summed E-state index contributed by atoms with van der Waals surface area (Å²) in [7, 11) is 1.69. The Morgan fingerprint density at radius 3 is 2.52 bits per heavy atom. The van der Waals surface area contributed by atoms with Crippen LogP contribution in [0.15, 0.2) is 24.3 Å². The van der Waals surface area contributed by atoms with Crippen LogP contribution in [0, 0.1) is 0 Å². The monoisotopic (exact) mass is 376 g/mol. The lowest BCUT2D eigenvalue weighted by Crippen LogP contribution is -2.40. The number of aliphatic hydroxyl groups is 1. The van der Waals surface area contributed by atoms with E-state index in [1.807, 2.05) is 17.0 Å². The molecule has 5 nitrogen and oxygen atoms in total. The molecular formula is C22H36N2O3. The first kappa shape index (κ1) is 21.7. The molecular weight excluding hydrogens is 340 g/mol. The number of carbonyl (C=O) groups is 1. The van der Waals surface area contributed by atoms with Gasteiger partial charge in [0, 0.05) is 25.6 Å². The van der Waals surface area contributed by atoms with E-state index in [4.69, 9.17) is 4.74 Å². The van der Waals surface area contributed by atoms with Gasteiger partial charge < -0.3 is 19.6 Å². The summed E-state index contributed by atoms with van der Waals surface area (Å²) in [6.45, 7) is 7.95. The molecule has 0 spiro atoms. The van der Waals surface area contributed by atoms with Crippen LogP contribution >= 0.6 is 0 Å². The minimum Gasteiger partial charge on any atom is -0.497 e. The van der Waals surface area contributed by atoms with Crippen molar-refractivity contribution >= 4 is 5.91 Å². The molecule has 152 valence electrons. The Labute approximate surface area is 164 Å². The molecule has 1 saturated heterocycles. The molecule has 0 aliphatic carbocycles. The molecule has 1 aromatic carbocycles. The van der Waals surface area contributed by atoms with Crippen molar-refractivity contribution in [3.05, 3.63) is 29.8 Å². The minimum atomic E-state index is -0.223. The molecule has 1 N–H and O–H groups in total. The standard InChI is InChI=1S/C22H36N2O3/c1-4-23(18(2)17-19-8-10-21(27-3)11-9-19)14-6-5-7-22(26)24-15-12-20(25)13-16-24/h8-11,18,20,25H,4-7,12-17H2,1-3H3. The molecule has 2 rings (SSSR count). The van der Waals surface area contributed by atoms with Crippen molar-refractivity contribution in [3.63, 3.8) is 0 Å². The Kier molecular flexibility index (Phi) is 9.08. The number of likely N-dealkylation sites (N-methyl/N-ethyl adjacent to an activating group) is 1. The van der Waals surface area contributed by atoms with E-state index in [-0.39, 0.29) is 12.0 Å². The fraction of sp³-hybridized carbons (Fsp3) is 0.682. The summed E-state index contributed by atoms with van der Waals surface area (Å²) < 4.78 is 5.22. The number of ether oxygens (including phenoxy) is 1. The van der Waals surface area contributed by atoms with Gasteiger partial charge in [0.2, 0.25) is 5.91 Å². The van der Waals surface area contributed by atoms with Crippen LogP contribution in [0.3, 0.4) is 0 Å². The number of amides is 1. The Morgan fingerprint density at radius 2 is 1.93 bits per heavy atom. The summed E-state index contributed by atoms with van der Waals surface area (Å²) in [5.74, 6) is 1.14. The lowest BCUT2D eigenvalue weighted by atomic mass is 10.0. The number of rotatable bonds is 10. The zero-order valence-electron chi connectivity index (χ0n) is 17.2. The molecule has 1 amide bonds. The lowest BCUT2D eigenvalue weighted by molar-refractivity contribution is -0.133. The summed E-state index contributed by atoms with van der Waals surface area (Å²) in [6, 6.07) is 8.78. The number of hydrogen-bond donors (Lipinski definition) is 1. The van der Waals surface area contributed by atoms with Gasteiger partial charge in [-0.2, -0.15) is 0 Å². The van der Waals surface area contributed by atoms with Gasteiger partial charge in [-0.15, -0.1) is 0 Å². The van der Waals surface area contributed by atoms with Gasteiger partial charge in [0.25, 0.3) is 0 Å². The maximum absolute atomic E-state index is 12.3. The highest BCUT2D eigenvalue weighted by Gasteiger charge is 2.21. The maximum atomic E-state index is 12.3. The number of nitrogens with zero attached hydrogens (tertiary/aromatic N) is 2. The molecule has 0 bridgehead atoms. The Morgan fingerprint density at radius 1 is 1.26 bits per heavy atom. The highest BCUT2D eigenvalue weighted by Crippen LogP contribution is 2.16. The first-order valence-corrected chi connectivity index (χ1v) is 10.4. The van der Waals surface area contributed by atoms with Gasteiger partial charge in [0.1, 0.15) is 5.75 Å². The number of likely N-dealkylation sites (tertiary alicyclic amines) is 1. The largest absolute Gasteiger partial charge is 0.497 e. The zero-order chi connectivity index (χ0) is 19.6. The molecule has 5 heteroatoms. The van der Waals surface area contributed by atoms with Crippen molar-refractivity contribution in [2.45, 2.75) is 64.5 Å². The van der Waals surface area contributed by atoms with E-state index >= 15 is 0 Å². The van der Waals surface area contributed by atoms with Gasteiger partial charge in [-0.05, 0) is 69.8 Å². The Balaban J connectivity index is 1.68. The Bertz CT molecular complexity index is 553. The van der Waals surface area contributed by atoms with E-state index in [0.29, 0.717) is 25.6 Å². The number of methoxy groups -OCH3 is 1. The van der Waals surface area contributed by atoms with Crippen LogP contribution in [-0.2, 0) is 11.2 Å². The van der Waals surface area contributed by atoms with Crippen LogP contribution in [0.25, 0.3) is 0 Å². The molecule has 1 aliphatic rings. The molecule has 1 unspecified atom stereocenters. The van der Waals surface area contributed by atoms with Crippen LogP contribution in [0.4, 0.5) is 0 Å². The molecule has 0 aromatic heterocycles. The van der Waals surface area contributed by atoms with Crippen molar-refractivity contribution < 1.29 is 14.6 Å². The fourth-order valence-electron chi connectivity index (χ4n) is 3.79. The molecule has 1 atom stereocenters. The van der Waals surface area contributed by atoms with Crippen LogP contribution < -0.4 is 4.74 Å². The predicted molar refractivity (Wildman–Crippen MR) is 109 cm³/mol. The third-order valence-electron chi connectivity index (χ3n) is 5.62. The van der Waals surface area contributed by atoms with Gasteiger partial charge in [-0.1, -0.05) is 19.1 Å². The van der Waals surface area contributed by atoms with E-state index in [1.54, 1.807) is 7.11 Å². The number of benzene rings is 1. The van der Waals surface area contributed by atoms with Crippen LogP contribution in [0.5, 0.6) is 5.75 Å². The van der Waals surface area contributed by atoms with E-state index in [1.165, 1.54) is 5.56 Å². The van der Waals surface area contributed by atoms with Crippen molar-refractivity contribution in [1.29, 1.82) is 0 Å². The third-order valence-corrected chi connectivity index (χ3v) is 5.62. The number of unbranched alkanes of at least 4 members (excludes halogenated alkanes) is 1. The van der Waals surface area contributed by atoms with E-state index in [9.17, 15) is 9.90 Å². The fourth-order valence-corrected chi connectivity index (χ4v) is 3.79. The third kappa shape index (κ3) is 7.15. The number of aliphatic hydroxyl groups excluding tert-OH is 1. The number of hydrogen-bond acceptors (Lipinski definition) is 4. The smallest absolute Gasteiger partial charge is 0.222 e. The summed E-state index contributed by atoms with van der Waals surface area (Å²) in [4.78, 5) is 16.7. The highest BCUT2D eigenvalue weighted by molar-refractivity contribution is 5.76. The Hall–Kier alpha value is -1.59. The first-order valence-electron chi connectivity index (χ1n) is 10.4. The number of carbonyl (C=O) groups excluding carboxylic acids is 1. The second-order valence-electron chi connectivity index (χ2n) is 7.60.